The lowest BCUT2D eigenvalue weighted by molar-refractivity contribution is -0.921. The zero-order valence-electron chi connectivity index (χ0n) is 13.5. The summed E-state index contributed by atoms with van der Waals surface area (Å²) in [4.78, 5) is 15.0. The van der Waals surface area contributed by atoms with E-state index in [0.717, 1.165) is 38.4 Å². The monoisotopic (exact) mass is 330 g/mol. The van der Waals surface area contributed by atoms with E-state index in [9.17, 15) is 10.1 Å². The first-order chi connectivity index (χ1) is 11.7. The average Bonchev–Trinajstić information content (AvgIpc) is 2.62. The second-order valence-corrected chi connectivity index (χ2v) is 5.90. The van der Waals surface area contributed by atoms with Gasteiger partial charge in [0, 0.05) is 11.6 Å². The number of nitrogens with one attached hydrogen (secondary N) is 3. The fraction of sp³-hybridized carbons (Fsp3) is 0.353. The van der Waals surface area contributed by atoms with Gasteiger partial charge in [-0.1, -0.05) is 24.3 Å². The maximum absolute atomic E-state index is 11.0. The Bertz CT molecular complexity index is 684. The van der Waals surface area contributed by atoms with Gasteiger partial charge in [0.15, 0.2) is 0 Å². The predicted octanol–water partition coefficient (Wildman–Crippen LogP) is 0.436. The molecule has 0 spiro atoms. The largest absolute Gasteiger partial charge is 0.370 e. The molecule has 1 aromatic carbocycles. The molecular formula is C17H22N4O3+2. The summed E-state index contributed by atoms with van der Waals surface area (Å²) in [5.74, 6) is 0.421. The van der Waals surface area contributed by atoms with E-state index in [4.69, 9.17) is 4.74 Å². The van der Waals surface area contributed by atoms with E-state index < -0.39 is 4.92 Å². The van der Waals surface area contributed by atoms with Crippen LogP contribution in [0.1, 0.15) is 11.1 Å². The third-order valence-corrected chi connectivity index (χ3v) is 4.18. The Hall–Kier alpha value is -2.51. The summed E-state index contributed by atoms with van der Waals surface area (Å²) in [6.45, 7) is 5.32. The van der Waals surface area contributed by atoms with E-state index >= 15 is 0 Å². The van der Waals surface area contributed by atoms with Crippen LogP contribution in [0.2, 0.25) is 0 Å². The van der Waals surface area contributed by atoms with E-state index in [-0.39, 0.29) is 5.69 Å². The molecule has 1 saturated heterocycles. The molecule has 24 heavy (non-hydrogen) atoms. The van der Waals surface area contributed by atoms with Crippen LogP contribution in [0.25, 0.3) is 0 Å². The molecule has 7 nitrogen and oxygen atoms in total. The smallest absolute Gasteiger partial charge is 0.357 e. The molecule has 0 unspecified atom stereocenters. The number of H-pyrrole nitrogens is 1. The highest BCUT2D eigenvalue weighted by Gasteiger charge is 2.19. The van der Waals surface area contributed by atoms with Crippen LogP contribution in [0, 0.1) is 10.1 Å². The molecule has 0 atom stereocenters. The number of aromatic amines is 1. The Labute approximate surface area is 140 Å². The van der Waals surface area contributed by atoms with Crippen LogP contribution < -0.4 is 15.2 Å². The number of nitrogens with zero attached hydrogens (tertiary/aromatic N) is 1. The molecular weight excluding hydrogens is 308 g/mol. The number of anilines is 1. The molecule has 1 aromatic heterocycles. The van der Waals surface area contributed by atoms with Crippen LogP contribution in [0.4, 0.5) is 11.5 Å². The number of rotatable bonds is 6. The van der Waals surface area contributed by atoms with E-state index in [1.165, 1.54) is 11.6 Å². The van der Waals surface area contributed by atoms with Crippen molar-refractivity contribution in [3.05, 3.63) is 63.8 Å². The Morgan fingerprint density at radius 3 is 2.58 bits per heavy atom. The van der Waals surface area contributed by atoms with Crippen LogP contribution in [0.5, 0.6) is 0 Å². The van der Waals surface area contributed by atoms with Crippen molar-refractivity contribution in [2.45, 2.75) is 13.1 Å². The minimum Gasteiger partial charge on any atom is -0.370 e. The summed E-state index contributed by atoms with van der Waals surface area (Å²) in [7, 11) is 0. The number of nitro groups is 1. The van der Waals surface area contributed by atoms with E-state index in [1.807, 2.05) is 0 Å². The molecule has 0 radical (unpaired) electrons. The fourth-order valence-corrected chi connectivity index (χ4v) is 2.81. The van der Waals surface area contributed by atoms with Crippen LogP contribution in [-0.4, -0.2) is 31.2 Å². The van der Waals surface area contributed by atoms with Gasteiger partial charge in [0.25, 0.3) is 0 Å². The zero-order chi connectivity index (χ0) is 16.8. The van der Waals surface area contributed by atoms with Crippen molar-refractivity contribution in [1.29, 1.82) is 0 Å². The minimum atomic E-state index is -0.396. The number of morpholine rings is 1. The van der Waals surface area contributed by atoms with Crippen molar-refractivity contribution < 1.29 is 19.5 Å². The molecule has 0 saturated carbocycles. The average molecular weight is 330 g/mol. The molecule has 0 bridgehead atoms. The Kier molecular flexibility index (Phi) is 5.35. The van der Waals surface area contributed by atoms with Gasteiger partial charge in [0.1, 0.15) is 26.2 Å². The summed E-state index contributed by atoms with van der Waals surface area (Å²) in [5.41, 5.74) is 2.43. The normalized spacial score (nSPS) is 15.2. The van der Waals surface area contributed by atoms with Gasteiger partial charge in [-0.15, -0.1) is 0 Å². The highest BCUT2D eigenvalue weighted by molar-refractivity contribution is 5.51. The van der Waals surface area contributed by atoms with Crippen LogP contribution in [0.3, 0.4) is 0 Å². The Morgan fingerprint density at radius 2 is 1.88 bits per heavy atom. The van der Waals surface area contributed by atoms with Gasteiger partial charge < -0.3 is 9.64 Å². The highest BCUT2D eigenvalue weighted by atomic mass is 16.6. The van der Waals surface area contributed by atoms with Crippen molar-refractivity contribution in [3.8, 4) is 0 Å². The predicted molar refractivity (Wildman–Crippen MR) is 88.6 cm³/mol. The van der Waals surface area contributed by atoms with Gasteiger partial charge in [-0.05, 0) is 11.6 Å². The van der Waals surface area contributed by atoms with Gasteiger partial charge >= 0.3 is 11.5 Å². The van der Waals surface area contributed by atoms with E-state index in [0.29, 0.717) is 12.4 Å². The lowest BCUT2D eigenvalue weighted by Crippen LogP contribution is -3.12. The van der Waals surface area contributed by atoms with Crippen molar-refractivity contribution in [2.24, 2.45) is 0 Å². The summed E-state index contributed by atoms with van der Waals surface area (Å²) >= 11 is 0. The maximum Gasteiger partial charge on any atom is 0.357 e. The van der Waals surface area contributed by atoms with Gasteiger partial charge in [-0.2, -0.15) is 0 Å². The number of benzene rings is 1. The lowest BCUT2D eigenvalue weighted by atomic mass is 10.1. The zero-order valence-corrected chi connectivity index (χ0v) is 13.5. The topological polar surface area (TPSA) is 83.0 Å². The first-order valence-electron chi connectivity index (χ1n) is 8.10. The maximum atomic E-state index is 11.0. The van der Waals surface area contributed by atoms with Gasteiger partial charge in [0.2, 0.25) is 0 Å². The van der Waals surface area contributed by atoms with Gasteiger partial charge in [0.05, 0.1) is 24.3 Å². The second kappa shape index (κ2) is 7.85. The third kappa shape index (κ3) is 4.27. The van der Waals surface area contributed by atoms with Gasteiger partial charge in [-0.3, -0.25) is 15.4 Å². The summed E-state index contributed by atoms with van der Waals surface area (Å²) in [6.07, 6.45) is 1.67. The SMILES string of the molecule is O=[N+]([O-])c1ccc[nH+]c1NCc1ccc(C[NH+]2CCOCC2)cc1. The van der Waals surface area contributed by atoms with Crippen LogP contribution in [0.15, 0.2) is 42.6 Å². The molecule has 1 aliphatic heterocycles. The summed E-state index contributed by atoms with van der Waals surface area (Å²) < 4.78 is 5.38. The molecule has 2 aromatic rings. The first-order valence-corrected chi connectivity index (χ1v) is 8.10. The first kappa shape index (κ1) is 16.4. The quantitative estimate of drug-likeness (QED) is 0.595. The van der Waals surface area contributed by atoms with Crippen molar-refractivity contribution >= 4 is 11.5 Å². The molecule has 126 valence electrons. The Morgan fingerprint density at radius 1 is 1.17 bits per heavy atom. The Balaban J connectivity index is 1.57. The van der Waals surface area contributed by atoms with Crippen molar-refractivity contribution in [3.63, 3.8) is 0 Å². The highest BCUT2D eigenvalue weighted by Crippen LogP contribution is 2.18. The molecule has 1 fully saturated rings. The summed E-state index contributed by atoms with van der Waals surface area (Å²) in [5, 5.41) is 14.1. The molecule has 3 N–H and O–H groups in total. The number of pyridine rings is 1. The standard InChI is InChI=1S/C17H20N4O3/c22-21(23)16-2-1-7-18-17(16)19-12-14-3-5-15(6-4-14)13-20-8-10-24-11-9-20/h1-7H,8-13H2,(H,18,19)/p+2. The van der Waals surface area contributed by atoms with E-state index in [1.54, 1.807) is 17.2 Å². The summed E-state index contributed by atoms with van der Waals surface area (Å²) in [6, 6.07) is 11.5. The fourth-order valence-electron chi connectivity index (χ4n) is 2.81. The van der Waals surface area contributed by atoms with Crippen molar-refractivity contribution in [1.82, 2.24) is 0 Å². The minimum absolute atomic E-state index is 0.0463. The molecule has 7 heteroatoms. The van der Waals surface area contributed by atoms with Crippen LogP contribution in [-0.2, 0) is 17.8 Å². The number of hydrogen-bond acceptors (Lipinski definition) is 4. The number of ether oxygens (including phenoxy) is 1. The van der Waals surface area contributed by atoms with Crippen LogP contribution >= 0.6 is 0 Å². The second-order valence-electron chi connectivity index (χ2n) is 5.90. The molecule has 0 aliphatic carbocycles. The van der Waals surface area contributed by atoms with E-state index in [2.05, 4.69) is 34.6 Å². The third-order valence-electron chi connectivity index (χ3n) is 4.18. The van der Waals surface area contributed by atoms with Crippen molar-refractivity contribution in [2.75, 3.05) is 31.6 Å². The molecule has 1 aliphatic rings. The number of aromatic nitrogens is 1. The number of hydrogen-bond donors (Lipinski definition) is 2. The molecule has 2 heterocycles. The molecule has 0 amide bonds. The van der Waals surface area contributed by atoms with Gasteiger partial charge in [-0.25, -0.2) is 4.98 Å². The lowest BCUT2D eigenvalue weighted by Gasteiger charge is -2.23. The molecule has 3 rings (SSSR count). The number of quaternary nitrogens is 1.